The third-order valence-electron chi connectivity index (χ3n) is 3.98. The van der Waals surface area contributed by atoms with Gasteiger partial charge in [-0.2, -0.15) is 4.52 Å². The summed E-state index contributed by atoms with van der Waals surface area (Å²) in [5.41, 5.74) is 2.06. The van der Waals surface area contributed by atoms with Crippen LogP contribution in [0.1, 0.15) is 30.5 Å². The normalized spacial score (nSPS) is 15.2. The molecular weight excluding hydrogens is 266 g/mol. The van der Waals surface area contributed by atoms with Crippen molar-refractivity contribution in [3.8, 4) is 0 Å². The molecular formula is C15H17N5O. The molecule has 0 saturated carbocycles. The summed E-state index contributed by atoms with van der Waals surface area (Å²) in [6.07, 6.45) is 4.67. The topological polar surface area (TPSA) is 59.5 Å². The van der Waals surface area contributed by atoms with Gasteiger partial charge in [-0.05, 0) is 24.6 Å². The molecule has 6 heteroatoms. The van der Waals surface area contributed by atoms with Crippen LogP contribution in [0.25, 0.3) is 5.65 Å². The second-order valence-corrected chi connectivity index (χ2v) is 5.33. The van der Waals surface area contributed by atoms with Gasteiger partial charge >= 0.3 is 0 Å². The minimum absolute atomic E-state index is 0.800. The third kappa shape index (κ3) is 2.07. The van der Waals surface area contributed by atoms with E-state index in [0.29, 0.717) is 0 Å². The lowest BCUT2D eigenvalue weighted by atomic mass is 10.2. The molecule has 4 rings (SSSR count). The van der Waals surface area contributed by atoms with E-state index in [9.17, 15) is 0 Å². The van der Waals surface area contributed by atoms with Gasteiger partial charge in [0.1, 0.15) is 11.6 Å². The van der Waals surface area contributed by atoms with E-state index in [4.69, 9.17) is 9.52 Å². The van der Waals surface area contributed by atoms with Gasteiger partial charge < -0.3 is 9.32 Å². The van der Waals surface area contributed by atoms with E-state index in [1.54, 1.807) is 6.26 Å². The van der Waals surface area contributed by atoms with Crippen molar-refractivity contribution in [3.63, 3.8) is 0 Å². The molecule has 108 valence electrons. The number of anilines is 1. The van der Waals surface area contributed by atoms with Gasteiger partial charge in [0.05, 0.1) is 6.26 Å². The molecule has 0 radical (unpaired) electrons. The maximum atomic E-state index is 5.54. The molecule has 0 bridgehead atoms. The fourth-order valence-electron chi connectivity index (χ4n) is 2.85. The number of nitrogens with zero attached hydrogens (tertiary/aromatic N) is 5. The van der Waals surface area contributed by atoms with Crippen LogP contribution < -0.4 is 4.90 Å². The summed E-state index contributed by atoms with van der Waals surface area (Å²) in [4.78, 5) is 2.29. The molecule has 3 aromatic heterocycles. The Labute approximate surface area is 122 Å². The molecule has 0 fully saturated rings. The Balaban J connectivity index is 1.72. The monoisotopic (exact) mass is 283 g/mol. The summed E-state index contributed by atoms with van der Waals surface area (Å²) < 4.78 is 7.39. The summed E-state index contributed by atoms with van der Waals surface area (Å²) in [5, 5.41) is 13.0. The van der Waals surface area contributed by atoms with Crippen molar-refractivity contribution in [1.29, 1.82) is 0 Å². The number of rotatable bonds is 2. The van der Waals surface area contributed by atoms with E-state index in [1.807, 2.05) is 16.6 Å². The summed E-state index contributed by atoms with van der Waals surface area (Å²) >= 11 is 0. The SMILES string of the molecule is CCc1nnc2ccc(N3CCCc4occc4C3)nn12. The fraction of sp³-hybridized carbons (Fsp3) is 0.400. The van der Waals surface area contributed by atoms with Crippen LogP contribution in [-0.2, 0) is 19.4 Å². The molecule has 0 N–H and O–H groups in total. The van der Waals surface area contributed by atoms with Crippen molar-refractivity contribution < 1.29 is 4.42 Å². The standard InChI is InChI=1S/C15H17N5O/c1-2-13-16-17-14-5-6-15(18-20(13)14)19-8-3-4-12-11(10-19)7-9-21-12/h5-7,9H,2-4,8,10H2,1H3. The summed E-state index contributed by atoms with van der Waals surface area (Å²) in [6, 6.07) is 6.06. The van der Waals surface area contributed by atoms with Crippen molar-refractivity contribution in [1.82, 2.24) is 19.8 Å². The number of fused-ring (bicyclic) bond motifs is 2. The largest absolute Gasteiger partial charge is 0.469 e. The zero-order valence-electron chi connectivity index (χ0n) is 12.0. The molecule has 0 atom stereocenters. The first kappa shape index (κ1) is 12.4. The fourth-order valence-corrected chi connectivity index (χ4v) is 2.85. The number of furan rings is 1. The third-order valence-corrected chi connectivity index (χ3v) is 3.98. The molecule has 0 spiro atoms. The van der Waals surface area contributed by atoms with Crippen LogP contribution in [0.4, 0.5) is 5.82 Å². The second-order valence-electron chi connectivity index (χ2n) is 5.33. The minimum atomic E-state index is 0.800. The second kappa shape index (κ2) is 4.87. The first-order chi connectivity index (χ1) is 10.3. The molecule has 0 amide bonds. The van der Waals surface area contributed by atoms with Crippen molar-refractivity contribution in [2.75, 3.05) is 11.4 Å². The highest BCUT2D eigenvalue weighted by atomic mass is 16.3. The number of aromatic nitrogens is 4. The van der Waals surface area contributed by atoms with Gasteiger partial charge in [-0.1, -0.05) is 6.92 Å². The highest BCUT2D eigenvalue weighted by Gasteiger charge is 2.18. The summed E-state index contributed by atoms with van der Waals surface area (Å²) in [6.45, 7) is 3.88. The van der Waals surface area contributed by atoms with Crippen molar-refractivity contribution >= 4 is 11.5 Å². The quantitative estimate of drug-likeness (QED) is 0.722. The number of hydrogen-bond acceptors (Lipinski definition) is 5. The predicted molar refractivity (Wildman–Crippen MR) is 78.2 cm³/mol. The summed E-state index contributed by atoms with van der Waals surface area (Å²) in [5.74, 6) is 2.97. The predicted octanol–water partition coefficient (Wildman–Crippen LogP) is 2.23. The van der Waals surface area contributed by atoms with Crippen LogP contribution >= 0.6 is 0 Å². The van der Waals surface area contributed by atoms with Crippen molar-refractivity contribution in [2.24, 2.45) is 0 Å². The van der Waals surface area contributed by atoms with Crippen molar-refractivity contribution in [3.05, 3.63) is 41.6 Å². The van der Waals surface area contributed by atoms with Crippen LogP contribution in [0, 0.1) is 0 Å². The van der Waals surface area contributed by atoms with Crippen LogP contribution in [0.2, 0.25) is 0 Å². The Kier molecular flexibility index (Phi) is 2.87. The molecule has 0 saturated heterocycles. The van der Waals surface area contributed by atoms with Gasteiger partial charge in [-0.15, -0.1) is 15.3 Å². The van der Waals surface area contributed by atoms with Crippen LogP contribution in [0.5, 0.6) is 0 Å². The van der Waals surface area contributed by atoms with E-state index in [2.05, 4.69) is 28.1 Å². The molecule has 0 unspecified atom stereocenters. The van der Waals surface area contributed by atoms with Crippen molar-refractivity contribution in [2.45, 2.75) is 32.7 Å². The first-order valence-corrected chi connectivity index (χ1v) is 7.36. The molecule has 0 aromatic carbocycles. The maximum absolute atomic E-state index is 5.54. The highest BCUT2D eigenvalue weighted by molar-refractivity contribution is 5.46. The van der Waals surface area contributed by atoms with Crippen LogP contribution in [-0.4, -0.2) is 26.4 Å². The molecule has 1 aliphatic heterocycles. The number of hydrogen-bond donors (Lipinski definition) is 0. The Hall–Kier alpha value is -2.37. The average molecular weight is 283 g/mol. The van der Waals surface area contributed by atoms with E-state index >= 15 is 0 Å². The lowest BCUT2D eigenvalue weighted by molar-refractivity contribution is 0.504. The van der Waals surface area contributed by atoms with Gasteiger partial charge in [0, 0.05) is 31.5 Å². The van der Waals surface area contributed by atoms with E-state index in [1.165, 1.54) is 5.56 Å². The lowest BCUT2D eigenvalue weighted by Crippen LogP contribution is -2.24. The van der Waals surface area contributed by atoms with E-state index in [0.717, 1.165) is 55.4 Å². The lowest BCUT2D eigenvalue weighted by Gasteiger charge is -2.21. The minimum Gasteiger partial charge on any atom is -0.469 e. The van der Waals surface area contributed by atoms with Crippen LogP contribution in [0.3, 0.4) is 0 Å². The van der Waals surface area contributed by atoms with E-state index in [-0.39, 0.29) is 0 Å². The molecule has 6 nitrogen and oxygen atoms in total. The van der Waals surface area contributed by atoms with Gasteiger partial charge in [0.25, 0.3) is 0 Å². The highest BCUT2D eigenvalue weighted by Crippen LogP contribution is 2.23. The Morgan fingerprint density at radius 3 is 3.10 bits per heavy atom. The Bertz CT molecular complexity index is 775. The first-order valence-electron chi connectivity index (χ1n) is 7.36. The molecule has 0 aliphatic carbocycles. The zero-order chi connectivity index (χ0) is 14.2. The van der Waals surface area contributed by atoms with Gasteiger partial charge in [-0.3, -0.25) is 0 Å². The summed E-state index contributed by atoms with van der Waals surface area (Å²) in [7, 11) is 0. The average Bonchev–Trinajstić information content (AvgIpc) is 3.07. The Morgan fingerprint density at radius 1 is 1.24 bits per heavy atom. The molecule has 1 aliphatic rings. The van der Waals surface area contributed by atoms with Gasteiger partial charge in [-0.25, -0.2) is 0 Å². The maximum Gasteiger partial charge on any atom is 0.178 e. The van der Waals surface area contributed by atoms with E-state index < -0.39 is 0 Å². The molecule has 4 heterocycles. The Morgan fingerprint density at radius 2 is 2.19 bits per heavy atom. The number of aryl methyl sites for hydroxylation is 2. The smallest absolute Gasteiger partial charge is 0.178 e. The molecule has 21 heavy (non-hydrogen) atoms. The zero-order valence-corrected chi connectivity index (χ0v) is 12.0. The van der Waals surface area contributed by atoms with Gasteiger partial charge in [0.15, 0.2) is 11.5 Å². The molecule has 3 aromatic rings. The van der Waals surface area contributed by atoms with Gasteiger partial charge in [0.2, 0.25) is 0 Å². The van der Waals surface area contributed by atoms with Crippen LogP contribution in [0.15, 0.2) is 28.9 Å².